The Bertz CT molecular complexity index is 489. The summed E-state index contributed by atoms with van der Waals surface area (Å²) >= 11 is 0. The zero-order valence-corrected chi connectivity index (χ0v) is 9.96. The second-order valence-corrected chi connectivity index (χ2v) is 4.36. The van der Waals surface area contributed by atoms with E-state index < -0.39 is 0 Å². The van der Waals surface area contributed by atoms with E-state index in [0.29, 0.717) is 0 Å². The van der Waals surface area contributed by atoms with Gasteiger partial charge in [-0.1, -0.05) is 17.7 Å². The molecule has 3 heteroatoms. The molecule has 84 valence electrons. The topological polar surface area (TPSA) is 54.7 Å². The van der Waals surface area contributed by atoms with Crippen LogP contribution in [0.15, 0.2) is 18.3 Å². The molecule has 0 aliphatic heterocycles. The zero-order chi connectivity index (χ0) is 11.7. The number of anilines is 1. The molecular formula is C13H17N3. The molecule has 2 rings (SSSR count). The number of H-pyrrole nitrogens is 1. The maximum atomic E-state index is 5.82. The molecule has 0 aliphatic carbocycles. The van der Waals surface area contributed by atoms with E-state index in [1.54, 1.807) is 6.20 Å². The first-order valence-corrected chi connectivity index (χ1v) is 5.42. The highest BCUT2D eigenvalue weighted by molar-refractivity contribution is 5.46. The van der Waals surface area contributed by atoms with E-state index in [4.69, 9.17) is 5.73 Å². The Kier molecular flexibility index (Phi) is 2.69. The maximum absolute atomic E-state index is 5.82. The number of benzene rings is 1. The van der Waals surface area contributed by atoms with E-state index in [0.717, 1.165) is 17.8 Å². The third-order valence-corrected chi connectivity index (χ3v) is 2.95. The summed E-state index contributed by atoms with van der Waals surface area (Å²) in [5.74, 6) is 0. The van der Waals surface area contributed by atoms with Gasteiger partial charge in [-0.25, -0.2) is 0 Å². The van der Waals surface area contributed by atoms with Gasteiger partial charge in [0.15, 0.2) is 0 Å². The zero-order valence-electron chi connectivity index (χ0n) is 9.96. The molecule has 2 aromatic rings. The summed E-state index contributed by atoms with van der Waals surface area (Å²) in [7, 11) is 0. The molecule has 16 heavy (non-hydrogen) atoms. The molecule has 3 N–H and O–H groups in total. The fourth-order valence-corrected chi connectivity index (χ4v) is 2.13. The highest BCUT2D eigenvalue weighted by atomic mass is 15.1. The van der Waals surface area contributed by atoms with Gasteiger partial charge >= 0.3 is 0 Å². The summed E-state index contributed by atoms with van der Waals surface area (Å²) in [5, 5.41) is 6.89. The summed E-state index contributed by atoms with van der Waals surface area (Å²) in [4.78, 5) is 0. The van der Waals surface area contributed by atoms with Crippen LogP contribution in [0.4, 0.5) is 5.69 Å². The lowest BCUT2D eigenvalue weighted by Crippen LogP contribution is -1.99. The molecule has 3 nitrogen and oxygen atoms in total. The highest BCUT2D eigenvalue weighted by Gasteiger charge is 2.08. The maximum Gasteiger partial charge on any atom is 0.0733 e. The number of aromatic nitrogens is 2. The van der Waals surface area contributed by atoms with Gasteiger partial charge in [0, 0.05) is 6.42 Å². The first-order valence-electron chi connectivity index (χ1n) is 5.42. The van der Waals surface area contributed by atoms with Gasteiger partial charge in [-0.05, 0) is 37.5 Å². The summed E-state index contributed by atoms with van der Waals surface area (Å²) in [6, 6.07) is 4.41. The molecule has 0 atom stereocenters. The van der Waals surface area contributed by atoms with Crippen LogP contribution >= 0.6 is 0 Å². The highest BCUT2D eigenvalue weighted by Crippen LogP contribution is 2.21. The SMILES string of the molecule is Cc1cc(C)c(Cc2[nH]ncc2N)c(C)c1. The monoisotopic (exact) mass is 215 g/mol. The first-order chi connectivity index (χ1) is 7.58. The van der Waals surface area contributed by atoms with Gasteiger partial charge in [0.25, 0.3) is 0 Å². The van der Waals surface area contributed by atoms with Gasteiger partial charge in [0.05, 0.1) is 17.6 Å². The van der Waals surface area contributed by atoms with E-state index in [1.165, 1.54) is 22.3 Å². The molecule has 0 fully saturated rings. The van der Waals surface area contributed by atoms with Gasteiger partial charge in [0.2, 0.25) is 0 Å². The Hall–Kier alpha value is -1.77. The molecule has 0 bridgehead atoms. The van der Waals surface area contributed by atoms with Gasteiger partial charge in [-0.3, -0.25) is 5.10 Å². The lowest BCUT2D eigenvalue weighted by Gasteiger charge is -2.10. The van der Waals surface area contributed by atoms with E-state index in [9.17, 15) is 0 Å². The Labute approximate surface area is 95.7 Å². The normalized spacial score (nSPS) is 10.7. The summed E-state index contributed by atoms with van der Waals surface area (Å²) in [5.41, 5.74) is 12.8. The summed E-state index contributed by atoms with van der Waals surface area (Å²) in [6.45, 7) is 6.40. The molecule has 0 saturated heterocycles. The van der Waals surface area contributed by atoms with Crippen LogP contribution in [0, 0.1) is 20.8 Å². The number of nitrogens with two attached hydrogens (primary N) is 1. The van der Waals surface area contributed by atoms with Gasteiger partial charge in [-0.15, -0.1) is 0 Å². The Balaban J connectivity index is 2.39. The molecule has 0 saturated carbocycles. The molecule has 0 unspecified atom stereocenters. The summed E-state index contributed by atoms with van der Waals surface area (Å²) in [6.07, 6.45) is 2.48. The standard InChI is InChI=1S/C13H17N3/c1-8-4-9(2)11(10(3)5-8)6-13-12(14)7-15-16-13/h4-5,7H,6,14H2,1-3H3,(H,15,16). The third-order valence-electron chi connectivity index (χ3n) is 2.95. The molecule has 1 aromatic heterocycles. The van der Waals surface area contributed by atoms with Crippen LogP contribution in [0.2, 0.25) is 0 Å². The molecule has 1 heterocycles. The first kappa shape index (κ1) is 10.7. The van der Waals surface area contributed by atoms with E-state index in [1.807, 2.05) is 0 Å². The molecule has 0 radical (unpaired) electrons. The fourth-order valence-electron chi connectivity index (χ4n) is 2.13. The van der Waals surface area contributed by atoms with Crippen molar-refractivity contribution in [2.24, 2.45) is 0 Å². The van der Waals surface area contributed by atoms with Crippen LogP contribution in [-0.4, -0.2) is 10.2 Å². The predicted molar refractivity (Wildman–Crippen MR) is 66.5 cm³/mol. The average molecular weight is 215 g/mol. The number of hydrogen-bond acceptors (Lipinski definition) is 2. The van der Waals surface area contributed by atoms with Crippen molar-refractivity contribution >= 4 is 5.69 Å². The second kappa shape index (κ2) is 4.00. The minimum absolute atomic E-state index is 0.736. The number of aromatic amines is 1. The van der Waals surface area contributed by atoms with Crippen LogP contribution in [-0.2, 0) is 6.42 Å². The van der Waals surface area contributed by atoms with Gasteiger partial charge in [-0.2, -0.15) is 5.10 Å². The smallest absolute Gasteiger partial charge is 0.0733 e. The Morgan fingerprint density at radius 1 is 1.19 bits per heavy atom. The number of aryl methyl sites for hydroxylation is 3. The minimum Gasteiger partial charge on any atom is -0.396 e. The average Bonchev–Trinajstić information content (AvgIpc) is 2.57. The number of hydrogen-bond donors (Lipinski definition) is 2. The van der Waals surface area contributed by atoms with E-state index in [2.05, 4.69) is 43.1 Å². The van der Waals surface area contributed by atoms with Gasteiger partial charge < -0.3 is 5.73 Å². The molecule has 0 spiro atoms. The van der Waals surface area contributed by atoms with Crippen molar-refractivity contribution < 1.29 is 0 Å². The minimum atomic E-state index is 0.736. The van der Waals surface area contributed by atoms with Crippen molar-refractivity contribution in [1.82, 2.24) is 10.2 Å². The number of rotatable bonds is 2. The van der Waals surface area contributed by atoms with Crippen molar-refractivity contribution in [2.45, 2.75) is 27.2 Å². The van der Waals surface area contributed by atoms with Crippen molar-refractivity contribution in [2.75, 3.05) is 5.73 Å². The molecule has 0 amide bonds. The number of nitrogen functional groups attached to an aromatic ring is 1. The van der Waals surface area contributed by atoms with Crippen LogP contribution in [0.1, 0.15) is 27.9 Å². The number of nitrogens with one attached hydrogen (secondary N) is 1. The Morgan fingerprint density at radius 3 is 2.31 bits per heavy atom. The predicted octanol–water partition coefficient (Wildman–Crippen LogP) is 2.51. The molecule has 0 aliphatic rings. The number of nitrogens with zero attached hydrogens (tertiary/aromatic N) is 1. The van der Waals surface area contributed by atoms with Crippen LogP contribution in [0.5, 0.6) is 0 Å². The molecular weight excluding hydrogens is 198 g/mol. The van der Waals surface area contributed by atoms with Crippen molar-refractivity contribution in [3.63, 3.8) is 0 Å². The second-order valence-electron chi connectivity index (χ2n) is 4.36. The van der Waals surface area contributed by atoms with Crippen molar-refractivity contribution in [3.8, 4) is 0 Å². The Morgan fingerprint density at radius 2 is 1.81 bits per heavy atom. The lowest BCUT2D eigenvalue weighted by atomic mass is 9.96. The lowest BCUT2D eigenvalue weighted by molar-refractivity contribution is 0.983. The summed E-state index contributed by atoms with van der Waals surface area (Å²) < 4.78 is 0. The van der Waals surface area contributed by atoms with Crippen LogP contribution in [0.3, 0.4) is 0 Å². The van der Waals surface area contributed by atoms with Crippen LogP contribution in [0.25, 0.3) is 0 Å². The van der Waals surface area contributed by atoms with E-state index in [-0.39, 0.29) is 0 Å². The third kappa shape index (κ3) is 1.94. The fraction of sp³-hybridized carbons (Fsp3) is 0.308. The van der Waals surface area contributed by atoms with E-state index >= 15 is 0 Å². The van der Waals surface area contributed by atoms with Crippen LogP contribution < -0.4 is 5.73 Å². The largest absolute Gasteiger partial charge is 0.396 e. The van der Waals surface area contributed by atoms with Gasteiger partial charge in [0.1, 0.15) is 0 Å². The van der Waals surface area contributed by atoms with Crippen molar-refractivity contribution in [3.05, 3.63) is 46.3 Å². The quantitative estimate of drug-likeness (QED) is 0.808. The molecule has 1 aromatic carbocycles. The van der Waals surface area contributed by atoms with Crippen molar-refractivity contribution in [1.29, 1.82) is 0 Å².